The van der Waals surface area contributed by atoms with Crippen LogP contribution in [0.15, 0.2) is 24.3 Å². The number of hydrogen-bond donors (Lipinski definition) is 3. The molecule has 19 heteroatoms. The third-order valence-corrected chi connectivity index (χ3v) is 18.5. The molecule has 0 heterocycles. The molecule has 0 radical (unpaired) electrons. The number of aliphatic hydroxyl groups excluding tert-OH is 1. The normalized spacial score (nSPS) is 14.6. The quantitative estimate of drug-likeness (QED) is 0.0169. The molecule has 0 amide bonds. The summed E-state index contributed by atoms with van der Waals surface area (Å²) in [5, 5.41) is 10.6. The molecule has 0 spiro atoms. The first-order valence-electron chi connectivity index (χ1n) is 37.2. The van der Waals surface area contributed by atoms with E-state index in [9.17, 15) is 43.2 Å². The van der Waals surface area contributed by atoms with Crippen LogP contribution < -0.4 is 0 Å². The maximum atomic E-state index is 13.0. The molecule has 3 unspecified atom stereocenters. The number of rotatable bonds is 69. The van der Waals surface area contributed by atoms with Crippen molar-refractivity contribution in [1.29, 1.82) is 0 Å². The van der Waals surface area contributed by atoms with Gasteiger partial charge in [-0.2, -0.15) is 0 Å². The third-order valence-electron chi connectivity index (χ3n) is 16.6. The standard InChI is InChI=1S/C73H138O17P2/c1-8-10-11-12-13-14-15-16-17-18-21-27-32-40-47-54-70(75)83-60-68(89-73(78)57-50-43-34-29-24-23-26-31-38-45-52-65(5)6)62-87-91(79,80)85-58-67(74)59-86-92(81,82)88-63-69(61-84-71(76)55-48-41-36-35-39-46-53-66(7)9-2)90-72(77)56-49-42-33-28-22-19-20-25-30-37-44-51-64(3)4/h14-17,64-69,74H,8-13,18-63H2,1-7H3,(H,79,80)(H,81,82)/b15-14-,17-16-/t66?,67-,68-,69-/m1/s1. The average Bonchev–Trinajstić information content (AvgIpc) is 2.48. The first-order chi connectivity index (χ1) is 44.3. The fourth-order valence-electron chi connectivity index (χ4n) is 10.5. The summed E-state index contributed by atoms with van der Waals surface area (Å²) in [7, 11) is -9.92. The SMILES string of the molecule is CCCCCC/C=C\C=C/CCCCCCCC(=O)OC[C@H](COP(=O)(O)OC[C@@H](O)COP(=O)(O)OC[C@@H](COC(=O)CCCCCCCCC(C)CC)OC(=O)CCCCCCCCCCCCCC(C)C)OC(=O)CCCCCCCCCCCCC(C)C. The van der Waals surface area contributed by atoms with Gasteiger partial charge in [0, 0.05) is 25.7 Å². The molecular formula is C73H138O17P2. The summed E-state index contributed by atoms with van der Waals surface area (Å²) in [6, 6.07) is 0. The van der Waals surface area contributed by atoms with Gasteiger partial charge in [-0.15, -0.1) is 0 Å². The highest BCUT2D eigenvalue weighted by Gasteiger charge is 2.30. The van der Waals surface area contributed by atoms with Gasteiger partial charge in [0.1, 0.15) is 19.3 Å². The van der Waals surface area contributed by atoms with Gasteiger partial charge in [-0.05, 0) is 69.1 Å². The topological polar surface area (TPSA) is 237 Å². The number of esters is 4. The summed E-state index contributed by atoms with van der Waals surface area (Å²) in [5.74, 6) is 0.0884. The van der Waals surface area contributed by atoms with Gasteiger partial charge in [-0.1, -0.05) is 291 Å². The molecule has 0 saturated carbocycles. The zero-order chi connectivity index (χ0) is 68.0. The van der Waals surface area contributed by atoms with Gasteiger partial charge >= 0.3 is 39.5 Å². The molecule has 0 aromatic heterocycles. The highest BCUT2D eigenvalue weighted by atomic mass is 31.2. The van der Waals surface area contributed by atoms with Crippen molar-refractivity contribution in [3.8, 4) is 0 Å². The second-order valence-electron chi connectivity index (χ2n) is 26.8. The van der Waals surface area contributed by atoms with Crippen LogP contribution in [-0.2, 0) is 65.4 Å². The molecule has 0 saturated heterocycles. The number of allylic oxidation sites excluding steroid dienone is 4. The van der Waals surface area contributed by atoms with Crippen LogP contribution >= 0.6 is 15.6 Å². The zero-order valence-corrected chi connectivity index (χ0v) is 61.3. The maximum absolute atomic E-state index is 13.0. The lowest BCUT2D eigenvalue weighted by atomic mass is 10.00. The van der Waals surface area contributed by atoms with E-state index in [2.05, 4.69) is 72.8 Å². The molecule has 17 nitrogen and oxygen atoms in total. The molecule has 0 bridgehead atoms. The van der Waals surface area contributed by atoms with E-state index in [1.165, 1.54) is 128 Å². The molecule has 92 heavy (non-hydrogen) atoms. The van der Waals surface area contributed by atoms with Crippen LogP contribution in [0.5, 0.6) is 0 Å². The van der Waals surface area contributed by atoms with Crippen molar-refractivity contribution < 1.29 is 80.2 Å². The van der Waals surface area contributed by atoms with Gasteiger partial charge < -0.3 is 33.8 Å². The minimum absolute atomic E-state index is 0.0986. The minimum Gasteiger partial charge on any atom is -0.462 e. The number of aliphatic hydroxyl groups is 1. The van der Waals surface area contributed by atoms with Crippen LogP contribution in [0, 0.1) is 17.8 Å². The molecule has 542 valence electrons. The molecule has 0 aliphatic carbocycles. The monoisotopic (exact) mass is 1350 g/mol. The largest absolute Gasteiger partial charge is 0.472 e. The molecule has 0 aliphatic heterocycles. The lowest BCUT2D eigenvalue weighted by molar-refractivity contribution is -0.161. The maximum Gasteiger partial charge on any atom is 0.472 e. The van der Waals surface area contributed by atoms with E-state index in [1.807, 2.05) is 0 Å². The fraction of sp³-hybridized carbons (Fsp3) is 0.890. The second-order valence-corrected chi connectivity index (χ2v) is 29.7. The van der Waals surface area contributed by atoms with Crippen LogP contribution in [0.4, 0.5) is 0 Å². The Morgan fingerprint density at radius 3 is 0.967 bits per heavy atom. The number of phosphoric ester groups is 2. The number of carbonyl (C=O) groups excluding carboxylic acids is 4. The van der Waals surface area contributed by atoms with Crippen molar-refractivity contribution >= 4 is 39.5 Å². The fourth-order valence-corrected chi connectivity index (χ4v) is 12.1. The number of unbranched alkanes of at least 4 members (excludes halogenated alkanes) is 33. The molecule has 0 aliphatic rings. The number of phosphoric acid groups is 2. The second kappa shape index (κ2) is 63.3. The van der Waals surface area contributed by atoms with E-state index in [0.717, 1.165) is 133 Å². The number of ether oxygens (including phenoxy) is 4. The molecule has 3 N–H and O–H groups in total. The van der Waals surface area contributed by atoms with E-state index in [-0.39, 0.29) is 25.7 Å². The molecular weight excluding hydrogens is 1210 g/mol. The van der Waals surface area contributed by atoms with Gasteiger partial charge in [0.05, 0.1) is 26.4 Å². The Balaban J connectivity index is 5.29. The summed E-state index contributed by atoms with van der Waals surface area (Å²) >= 11 is 0. The van der Waals surface area contributed by atoms with Crippen LogP contribution in [0.1, 0.15) is 344 Å². The predicted octanol–water partition coefficient (Wildman–Crippen LogP) is 20.6. The summed E-state index contributed by atoms with van der Waals surface area (Å²) < 4.78 is 68.4. The molecule has 0 aromatic carbocycles. The highest BCUT2D eigenvalue weighted by Crippen LogP contribution is 2.45. The lowest BCUT2D eigenvalue weighted by Gasteiger charge is -2.21. The molecule has 0 fully saturated rings. The molecule has 0 aromatic rings. The predicted molar refractivity (Wildman–Crippen MR) is 372 cm³/mol. The Hall–Kier alpha value is -2.46. The Kier molecular flexibility index (Phi) is 61.6. The Morgan fingerprint density at radius 1 is 0.359 bits per heavy atom. The summed E-state index contributed by atoms with van der Waals surface area (Å²) in [6.07, 6.45) is 50.8. The van der Waals surface area contributed by atoms with Crippen LogP contribution in [-0.4, -0.2) is 96.7 Å². The summed E-state index contributed by atoms with van der Waals surface area (Å²) in [6.45, 7) is 11.8. The Bertz CT molecular complexity index is 1900. The third kappa shape index (κ3) is 64.9. The Morgan fingerprint density at radius 2 is 0.641 bits per heavy atom. The first-order valence-corrected chi connectivity index (χ1v) is 40.2. The number of carbonyl (C=O) groups is 4. The van der Waals surface area contributed by atoms with Gasteiger partial charge in [-0.3, -0.25) is 37.3 Å². The van der Waals surface area contributed by atoms with E-state index in [0.29, 0.717) is 25.7 Å². The van der Waals surface area contributed by atoms with Gasteiger partial charge in [-0.25, -0.2) is 9.13 Å². The van der Waals surface area contributed by atoms with Crippen LogP contribution in [0.3, 0.4) is 0 Å². The smallest absolute Gasteiger partial charge is 0.462 e. The van der Waals surface area contributed by atoms with Crippen molar-refractivity contribution in [2.24, 2.45) is 17.8 Å². The van der Waals surface area contributed by atoms with Crippen molar-refractivity contribution in [3.05, 3.63) is 24.3 Å². The molecule has 6 atom stereocenters. The van der Waals surface area contributed by atoms with Crippen molar-refractivity contribution in [3.63, 3.8) is 0 Å². The minimum atomic E-state index is -4.96. The van der Waals surface area contributed by atoms with E-state index in [4.69, 9.17) is 37.0 Å². The Labute approximate surface area is 561 Å². The van der Waals surface area contributed by atoms with Gasteiger partial charge in [0.25, 0.3) is 0 Å². The first kappa shape index (κ1) is 89.5. The number of hydrogen-bond acceptors (Lipinski definition) is 15. The van der Waals surface area contributed by atoms with Crippen molar-refractivity contribution in [2.75, 3.05) is 39.6 Å². The highest BCUT2D eigenvalue weighted by molar-refractivity contribution is 7.47. The van der Waals surface area contributed by atoms with Gasteiger partial charge in [0.2, 0.25) is 0 Å². The molecule has 0 rings (SSSR count). The van der Waals surface area contributed by atoms with E-state index in [1.54, 1.807) is 0 Å². The lowest BCUT2D eigenvalue weighted by Crippen LogP contribution is -2.30. The van der Waals surface area contributed by atoms with Crippen molar-refractivity contribution in [1.82, 2.24) is 0 Å². The zero-order valence-electron chi connectivity index (χ0n) is 59.5. The van der Waals surface area contributed by atoms with E-state index >= 15 is 0 Å². The van der Waals surface area contributed by atoms with Gasteiger partial charge in [0.15, 0.2) is 12.2 Å². The average molecular weight is 1350 g/mol. The van der Waals surface area contributed by atoms with Crippen LogP contribution in [0.25, 0.3) is 0 Å². The summed E-state index contributed by atoms with van der Waals surface area (Å²) in [4.78, 5) is 72.7. The summed E-state index contributed by atoms with van der Waals surface area (Å²) in [5.41, 5.74) is 0. The van der Waals surface area contributed by atoms with E-state index < -0.39 is 97.5 Å². The van der Waals surface area contributed by atoms with Crippen LogP contribution in [0.2, 0.25) is 0 Å². The van der Waals surface area contributed by atoms with Crippen molar-refractivity contribution in [2.45, 2.75) is 362 Å².